The SMILES string of the molecule is COCCNCC(=O)c1ccccc1Cl. The molecule has 0 fully saturated rings. The molecule has 4 heteroatoms. The first-order chi connectivity index (χ1) is 7.25. The van der Waals surface area contributed by atoms with Gasteiger partial charge in [0.1, 0.15) is 0 Å². The zero-order valence-electron chi connectivity index (χ0n) is 8.63. The van der Waals surface area contributed by atoms with Gasteiger partial charge in [0.05, 0.1) is 18.2 Å². The van der Waals surface area contributed by atoms with E-state index in [9.17, 15) is 4.79 Å². The molecule has 0 bridgehead atoms. The molecule has 1 aromatic carbocycles. The van der Waals surface area contributed by atoms with Crippen LogP contribution in [0.2, 0.25) is 5.02 Å². The highest BCUT2D eigenvalue weighted by molar-refractivity contribution is 6.34. The van der Waals surface area contributed by atoms with Gasteiger partial charge in [-0.05, 0) is 12.1 Å². The highest BCUT2D eigenvalue weighted by atomic mass is 35.5. The Kier molecular flexibility index (Phi) is 5.32. The summed E-state index contributed by atoms with van der Waals surface area (Å²) in [5.74, 6) is -0.00305. The topological polar surface area (TPSA) is 38.3 Å². The van der Waals surface area contributed by atoms with Crippen LogP contribution in [-0.2, 0) is 4.74 Å². The summed E-state index contributed by atoms with van der Waals surface area (Å²) in [5.41, 5.74) is 0.559. The molecule has 0 aliphatic carbocycles. The number of methoxy groups -OCH3 is 1. The summed E-state index contributed by atoms with van der Waals surface area (Å²) >= 11 is 5.89. The van der Waals surface area contributed by atoms with Crippen LogP contribution in [0, 0.1) is 0 Å². The van der Waals surface area contributed by atoms with Crippen molar-refractivity contribution in [2.45, 2.75) is 0 Å². The summed E-state index contributed by atoms with van der Waals surface area (Å²) < 4.78 is 4.85. The van der Waals surface area contributed by atoms with Crippen LogP contribution in [0.15, 0.2) is 24.3 Å². The monoisotopic (exact) mass is 227 g/mol. The third-order valence-electron chi connectivity index (χ3n) is 1.94. The van der Waals surface area contributed by atoms with Gasteiger partial charge in [-0.1, -0.05) is 23.7 Å². The Hall–Kier alpha value is -0.900. The number of nitrogens with one attached hydrogen (secondary N) is 1. The van der Waals surface area contributed by atoms with Crippen molar-refractivity contribution < 1.29 is 9.53 Å². The molecular weight excluding hydrogens is 214 g/mol. The number of rotatable bonds is 6. The largest absolute Gasteiger partial charge is 0.383 e. The maximum Gasteiger partial charge on any atom is 0.178 e. The number of Topliss-reactive ketones (excluding diaryl/α,β-unsaturated/α-hetero) is 1. The number of carbonyl (C=O) groups is 1. The summed E-state index contributed by atoms with van der Waals surface area (Å²) in [5, 5.41) is 3.47. The van der Waals surface area contributed by atoms with Crippen LogP contribution in [0.5, 0.6) is 0 Å². The van der Waals surface area contributed by atoms with Gasteiger partial charge in [0.2, 0.25) is 0 Å². The summed E-state index contributed by atoms with van der Waals surface area (Å²) in [4.78, 5) is 11.6. The quantitative estimate of drug-likeness (QED) is 0.595. The Balaban J connectivity index is 2.44. The standard InChI is InChI=1S/C11H14ClNO2/c1-15-7-6-13-8-11(14)9-4-2-3-5-10(9)12/h2-5,13H,6-8H2,1H3. The van der Waals surface area contributed by atoms with Crippen molar-refractivity contribution in [3.63, 3.8) is 0 Å². The highest BCUT2D eigenvalue weighted by Gasteiger charge is 2.08. The fraction of sp³-hybridized carbons (Fsp3) is 0.364. The Morgan fingerprint density at radius 3 is 2.87 bits per heavy atom. The van der Waals surface area contributed by atoms with Crippen LogP contribution in [0.4, 0.5) is 0 Å². The molecule has 0 saturated carbocycles. The van der Waals surface area contributed by atoms with E-state index in [4.69, 9.17) is 16.3 Å². The molecule has 82 valence electrons. The molecule has 0 saturated heterocycles. The van der Waals surface area contributed by atoms with Crippen molar-refractivity contribution in [1.29, 1.82) is 0 Å². The van der Waals surface area contributed by atoms with E-state index in [1.54, 1.807) is 31.4 Å². The molecule has 0 aromatic heterocycles. The minimum atomic E-state index is -0.00305. The van der Waals surface area contributed by atoms with E-state index in [2.05, 4.69) is 5.32 Å². The summed E-state index contributed by atoms with van der Waals surface area (Å²) in [6.45, 7) is 1.54. The van der Waals surface area contributed by atoms with Gasteiger partial charge in [-0.15, -0.1) is 0 Å². The molecule has 0 aliphatic rings. The Morgan fingerprint density at radius 2 is 2.20 bits per heavy atom. The van der Waals surface area contributed by atoms with Gasteiger partial charge in [-0.3, -0.25) is 4.79 Å². The van der Waals surface area contributed by atoms with Crippen molar-refractivity contribution in [2.24, 2.45) is 0 Å². The number of benzene rings is 1. The van der Waals surface area contributed by atoms with E-state index in [1.807, 2.05) is 0 Å². The van der Waals surface area contributed by atoms with E-state index in [0.29, 0.717) is 23.7 Å². The molecule has 0 unspecified atom stereocenters. The van der Waals surface area contributed by atoms with E-state index in [1.165, 1.54) is 0 Å². The smallest absolute Gasteiger partial charge is 0.178 e. The Labute approximate surface area is 94.4 Å². The van der Waals surface area contributed by atoms with E-state index in [0.717, 1.165) is 0 Å². The molecule has 1 N–H and O–H groups in total. The zero-order valence-corrected chi connectivity index (χ0v) is 9.38. The van der Waals surface area contributed by atoms with Crippen molar-refractivity contribution >= 4 is 17.4 Å². The molecule has 0 heterocycles. The number of hydrogen-bond acceptors (Lipinski definition) is 3. The number of hydrogen-bond donors (Lipinski definition) is 1. The first-order valence-corrected chi connectivity index (χ1v) is 5.11. The number of carbonyl (C=O) groups excluding carboxylic acids is 1. The molecule has 0 spiro atoms. The summed E-state index contributed by atoms with van der Waals surface area (Å²) in [6, 6.07) is 7.04. The molecule has 3 nitrogen and oxygen atoms in total. The normalized spacial score (nSPS) is 10.3. The van der Waals surface area contributed by atoms with Gasteiger partial charge in [0, 0.05) is 19.2 Å². The van der Waals surface area contributed by atoms with Gasteiger partial charge in [0.15, 0.2) is 5.78 Å². The second kappa shape index (κ2) is 6.56. The Bertz CT molecular complexity index is 328. The molecule has 1 aromatic rings. The predicted octanol–water partition coefficient (Wildman–Crippen LogP) is 1.76. The van der Waals surface area contributed by atoms with Crippen LogP contribution < -0.4 is 5.32 Å². The minimum Gasteiger partial charge on any atom is -0.383 e. The minimum absolute atomic E-state index is 0.00305. The van der Waals surface area contributed by atoms with Crippen molar-refractivity contribution in [1.82, 2.24) is 5.32 Å². The second-order valence-corrected chi connectivity index (χ2v) is 3.48. The average Bonchev–Trinajstić information content (AvgIpc) is 2.25. The van der Waals surface area contributed by atoms with Crippen molar-refractivity contribution in [3.8, 4) is 0 Å². The number of ether oxygens (including phenoxy) is 1. The lowest BCUT2D eigenvalue weighted by atomic mass is 10.1. The maximum absolute atomic E-state index is 11.6. The summed E-state index contributed by atoms with van der Waals surface area (Å²) in [7, 11) is 1.62. The van der Waals surface area contributed by atoms with Crippen molar-refractivity contribution in [2.75, 3.05) is 26.8 Å². The van der Waals surface area contributed by atoms with Gasteiger partial charge in [-0.25, -0.2) is 0 Å². The Morgan fingerprint density at radius 1 is 1.47 bits per heavy atom. The maximum atomic E-state index is 11.6. The van der Waals surface area contributed by atoms with Crippen LogP contribution in [0.3, 0.4) is 0 Å². The second-order valence-electron chi connectivity index (χ2n) is 3.07. The molecule has 0 amide bonds. The predicted molar refractivity (Wildman–Crippen MR) is 60.5 cm³/mol. The highest BCUT2D eigenvalue weighted by Crippen LogP contribution is 2.14. The van der Waals surface area contributed by atoms with Crippen LogP contribution in [0.25, 0.3) is 0 Å². The molecule has 1 rings (SSSR count). The van der Waals surface area contributed by atoms with Crippen LogP contribution >= 0.6 is 11.6 Å². The first-order valence-electron chi connectivity index (χ1n) is 4.73. The fourth-order valence-corrected chi connectivity index (χ4v) is 1.40. The van der Waals surface area contributed by atoms with E-state index < -0.39 is 0 Å². The average molecular weight is 228 g/mol. The van der Waals surface area contributed by atoms with Crippen molar-refractivity contribution in [3.05, 3.63) is 34.9 Å². The molecular formula is C11H14ClNO2. The molecule has 0 radical (unpaired) electrons. The zero-order chi connectivity index (χ0) is 11.1. The van der Waals surface area contributed by atoms with E-state index in [-0.39, 0.29) is 12.3 Å². The molecule has 15 heavy (non-hydrogen) atoms. The summed E-state index contributed by atoms with van der Waals surface area (Å²) in [6.07, 6.45) is 0. The lowest BCUT2D eigenvalue weighted by Crippen LogP contribution is -2.26. The fourth-order valence-electron chi connectivity index (χ4n) is 1.16. The van der Waals surface area contributed by atoms with Gasteiger partial charge in [-0.2, -0.15) is 0 Å². The number of ketones is 1. The lowest BCUT2D eigenvalue weighted by Gasteiger charge is -2.04. The third-order valence-corrected chi connectivity index (χ3v) is 2.27. The number of halogens is 1. The van der Waals surface area contributed by atoms with Crippen LogP contribution in [-0.4, -0.2) is 32.6 Å². The van der Waals surface area contributed by atoms with Gasteiger partial charge >= 0.3 is 0 Å². The van der Waals surface area contributed by atoms with Crippen LogP contribution in [0.1, 0.15) is 10.4 Å². The molecule has 0 atom stereocenters. The van der Waals surface area contributed by atoms with Gasteiger partial charge < -0.3 is 10.1 Å². The molecule has 0 aliphatic heterocycles. The lowest BCUT2D eigenvalue weighted by molar-refractivity contribution is 0.0987. The van der Waals surface area contributed by atoms with Gasteiger partial charge in [0.25, 0.3) is 0 Å². The third kappa shape index (κ3) is 4.00. The first kappa shape index (κ1) is 12.2. The van der Waals surface area contributed by atoms with E-state index >= 15 is 0 Å².